The van der Waals surface area contributed by atoms with Gasteiger partial charge in [-0.2, -0.15) is 0 Å². The standard InChI is InChI=1S/C10H22N2/c1-5-8-12(4)9-10(11,6-2)7-3/h5H,1,6-9,11H2,2-4H3. The zero-order valence-electron chi connectivity index (χ0n) is 8.64. The lowest BCUT2D eigenvalue weighted by molar-refractivity contribution is 0.251. The fourth-order valence-electron chi connectivity index (χ4n) is 1.30. The summed E-state index contributed by atoms with van der Waals surface area (Å²) in [5.74, 6) is 0. The Kier molecular flexibility index (Phi) is 5.18. The van der Waals surface area contributed by atoms with Gasteiger partial charge in [-0.3, -0.25) is 0 Å². The van der Waals surface area contributed by atoms with E-state index in [4.69, 9.17) is 5.73 Å². The van der Waals surface area contributed by atoms with E-state index in [0.29, 0.717) is 0 Å². The second kappa shape index (κ2) is 5.33. The molecule has 0 aliphatic rings. The summed E-state index contributed by atoms with van der Waals surface area (Å²) in [6.45, 7) is 9.85. The summed E-state index contributed by atoms with van der Waals surface area (Å²) in [6, 6.07) is 0. The van der Waals surface area contributed by atoms with Crippen molar-refractivity contribution in [3.8, 4) is 0 Å². The monoisotopic (exact) mass is 170 g/mol. The molecule has 0 bridgehead atoms. The molecule has 0 atom stereocenters. The first-order valence-corrected chi connectivity index (χ1v) is 4.66. The zero-order valence-corrected chi connectivity index (χ0v) is 8.64. The maximum atomic E-state index is 6.15. The SMILES string of the molecule is C=CCN(C)CC(N)(CC)CC. The molecule has 0 aromatic heterocycles. The molecule has 0 aliphatic carbocycles. The second-order valence-electron chi connectivity index (χ2n) is 3.55. The van der Waals surface area contributed by atoms with Gasteiger partial charge in [-0.15, -0.1) is 6.58 Å². The highest BCUT2D eigenvalue weighted by molar-refractivity contribution is 4.85. The molecule has 2 nitrogen and oxygen atoms in total. The lowest BCUT2D eigenvalue weighted by atomic mass is 9.94. The van der Waals surface area contributed by atoms with E-state index in [2.05, 4.69) is 32.4 Å². The van der Waals surface area contributed by atoms with Crippen LogP contribution in [0.5, 0.6) is 0 Å². The number of rotatable bonds is 6. The average molecular weight is 170 g/mol. The minimum Gasteiger partial charge on any atom is -0.324 e. The molecular weight excluding hydrogens is 148 g/mol. The number of likely N-dealkylation sites (N-methyl/N-ethyl adjacent to an activating group) is 1. The smallest absolute Gasteiger partial charge is 0.0278 e. The Morgan fingerprint density at radius 1 is 1.42 bits per heavy atom. The van der Waals surface area contributed by atoms with E-state index in [0.717, 1.165) is 25.9 Å². The molecule has 2 heteroatoms. The van der Waals surface area contributed by atoms with Crippen LogP contribution in [0.3, 0.4) is 0 Å². The van der Waals surface area contributed by atoms with Crippen LogP contribution in [0.4, 0.5) is 0 Å². The van der Waals surface area contributed by atoms with Crippen LogP contribution in [0.15, 0.2) is 12.7 Å². The van der Waals surface area contributed by atoms with E-state index in [9.17, 15) is 0 Å². The normalized spacial score (nSPS) is 12.1. The van der Waals surface area contributed by atoms with Crippen molar-refractivity contribution in [2.45, 2.75) is 32.2 Å². The summed E-state index contributed by atoms with van der Waals surface area (Å²) in [6.07, 6.45) is 3.97. The van der Waals surface area contributed by atoms with Gasteiger partial charge < -0.3 is 10.6 Å². The summed E-state index contributed by atoms with van der Waals surface area (Å²) in [5.41, 5.74) is 6.14. The third-order valence-electron chi connectivity index (χ3n) is 2.43. The Labute approximate surface area is 76.4 Å². The molecule has 72 valence electrons. The van der Waals surface area contributed by atoms with Gasteiger partial charge >= 0.3 is 0 Å². The van der Waals surface area contributed by atoms with Gasteiger partial charge in [0.2, 0.25) is 0 Å². The molecule has 0 radical (unpaired) electrons. The Balaban J connectivity index is 3.92. The minimum atomic E-state index is -0.0161. The van der Waals surface area contributed by atoms with Crippen LogP contribution in [-0.2, 0) is 0 Å². The second-order valence-corrected chi connectivity index (χ2v) is 3.55. The van der Waals surface area contributed by atoms with E-state index < -0.39 is 0 Å². The predicted octanol–water partition coefficient (Wildman–Crippen LogP) is 1.62. The molecule has 0 amide bonds. The zero-order chi connectivity index (χ0) is 9.61. The Morgan fingerprint density at radius 3 is 2.25 bits per heavy atom. The first-order valence-electron chi connectivity index (χ1n) is 4.66. The topological polar surface area (TPSA) is 29.3 Å². The molecule has 0 aromatic carbocycles. The van der Waals surface area contributed by atoms with Crippen LogP contribution >= 0.6 is 0 Å². The van der Waals surface area contributed by atoms with E-state index in [1.807, 2.05) is 6.08 Å². The van der Waals surface area contributed by atoms with Gasteiger partial charge in [-0.1, -0.05) is 19.9 Å². The summed E-state index contributed by atoms with van der Waals surface area (Å²) in [4.78, 5) is 2.21. The largest absolute Gasteiger partial charge is 0.324 e. The van der Waals surface area contributed by atoms with Crippen LogP contribution < -0.4 is 5.73 Å². The van der Waals surface area contributed by atoms with Crippen molar-refractivity contribution in [3.05, 3.63) is 12.7 Å². The van der Waals surface area contributed by atoms with E-state index in [-0.39, 0.29) is 5.54 Å². The molecule has 0 aliphatic heterocycles. The molecule has 2 N–H and O–H groups in total. The van der Waals surface area contributed by atoms with Crippen molar-refractivity contribution in [1.82, 2.24) is 4.90 Å². The molecule has 0 saturated carbocycles. The fourth-order valence-corrected chi connectivity index (χ4v) is 1.30. The van der Waals surface area contributed by atoms with Crippen molar-refractivity contribution < 1.29 is 0 Å². The van der Waals surface area contributed by atoms with Crippen molar-refractivity contribution >= 4 is 0 Å². The average Bonchev–Trinajstić information content (AvgIpc) is 2.05. The molecule has 0 heterocycles. The molecule has 0 rings (SSSR count). The van der Waals surface area contributed by atoms with Crippen molar-refractivity contribution in [2.75, 3.05) is 20.1 Å². The first-order chi connectivity index (χ1) is 5.58. The lowest BCUT2D eigenvalue weighted by Crippen LogP contribution is -2.48. The van der Waals surface area contributed by atoms with Crippen LogP contribution in [0.1, 0.15) is 26.7 Å². The predicted molar refractivity (Wildman–Crippen MR) is 55.2 cm³/mol. The van der Waals surface area contributed by atoms with Crippen molar-refractivity contribution in [1.29, 1.82) is 0 Å². The summed E-state index contributed by atoms with van der Waals surface area (Å²) in [5, 5.41) is 0. The third-order valence-corrected chi connectivity index (χ3v) is 2.43. The quantitative estimate of drug-likeness (QED) is 0.614. The van der Waals surface area contributed by atoms with Gasteiger partial charge in [0, 0.05) is 18.6 Å². The van der Waals surface area contributed by atoms with Gasteiger partial charge in [0.15, 0.2) is 0 Å². The third kappa shape index (κ3) is 3.88. The number of nitrogens with two attached hydrogens (primary N) is 1. The van der Waals surface area contributed by atoms with E-state index in [1.54, 1.807) is 0 Å². The Bertz CT molecular complexity index is 128. The highest BCUT2D eigenvalue weighted by Crippen LogP contribution is 2.12. The maximum absolute atomic E-state index is 6.15. The van der Waals surface area contributed by atoms with E-state index >= 15 is 0 Å². The number of hydrogen-bond acceptors (Lipinski definition) is 2. The van der Waals surface area contributed by atoms with E-state index in [1.165, 1.54) is 0 Å². The molecule has 12 heavy (non-hydrogen) atoms. The number of hydrogen-bond donors (Lipinski definition) is 1. The summed E-state index contributed by atoms with van der Waals surface area (Å²) >= 11 is 0. The highest BCUT2D eigenvalue weighted by atomic mass is 15.1. The highest BCUT2D eigenvalue weighted by Gasteiger charge is 2.21. The van der Waals surface area contributed by atoms with Gasteiger partial charge in [0.25, 0.3) is 0 Å². The molecule has 0 saturated heterocycles. The molecule has 0 fully saturated rings. The van der Waals surface area contributed by atoms with Crippen LogP contribution in [-0.4, -0.2) is 30.6 Å². The molecular formula is C10H22N2. The summed E-state index contributed by atoms with van der Waals surface area (Å²) in [7, 11) is 2.08. The van der Waals surface area contributed by atoms with Gasteiger partial charge in [0.1, 0.15) is 0 Å². The van der Waals surface area contributed by atoms with Crippen molar-refractivity contribution in [2.24, 2.45) is 5.73 Å². The first kappa shape index (κ1) is 11.7. The molecule has 0 spiro atoms. The van der Waals surface area contributed by atoms with Crippen LogP contribution in [0, 0.1) is 0 Å². The van der Waals surface area contributed by atoms with Gasteiger partial charge in [-0.05, 0) is 19.9 Å². The summed E-state index contributed by atoms with van der Waals surface area (Å²) < 4.78 is 0. The van der Waals surface area contributed by atoms with Crippen LogP contribution in [0.2, 0.25) is 0 Å². The minimum absolute atomic E-state index is 0.0161. The van der Waals surface area contributed by atoms with Crippen molar-refractivity contribution in [3.63, 3.8) is 0 Å². The Hall–Kier alpha value is -0.340. The maximum Gasteiger partial charge on any atom is 0.0278 e. The van der Waals surface area contributed by atoms with Crippen LogP contribution in [0.25, 0.3) is 0 Å². The fraction of sp³-hybridized carbons (Fsp3) is 0.800. The lowest BCUT2D eigenvalue weighted by Gasteiger charge is -2.31. The van der Waals surface area contributed by atoms with Gasteiger partial charge in [-0.25, -0.2) is 0 Å². The molecule has 0 aromatic rings. The van der Waals surface area contributed by atoms with Gasteiger partial charge in [0.05, 0.1) is 0 Å². The Morgan fingerprint density at radius 2 is 1.92 bits per heavy atom. The number of nitrogens with zero attached hydrogens (tertiary/aromatic N) is 1. The molecule has 0 unspecified atom stereocenters.